The third-order valence-electron chi connectivity index (χ3n) is 3.44. The number of amides is 2. The van der Waals surface area contributed by atoms with E-state index in [-0.39, 0.29) is 34.7 Å². The minimum Gasteiger partial charge on any atom is -0.352 e. The van der Waals surface area contributed by atoms with Crippen LogP contribution in [0.3, 0.4) is 0 Å². The lowest BCUT2D eigenvalue weighted by atomic mass is 10.3. The number of carbonyl (C=O) groups is 2. The molecule has 2 aromatic heterocycles. The van der Waals surface area contributed by atoms with Crippen LogP contribution in [0.1, 0.15) is 5.69 Å². The summed E-state index contributed by atoms with van der Waals surface area (Å²) in [6.07, 6.45) is 1.54. The Morgan fingerprint density at radius 3 is 2.86 bits per heavy atom. The number of thioether (sulfide) groups is 1. The first-order valence-electron chi connectivity index (χ1n) is 8.29. The van der Waals surface area contributed by atoms with Crippen molar-refractivity contribution in [2.45, 2.75) is 11.6 Å². The van der Waals surface area contributed by atoms with Crippen molar-refractivity contribution >= 4 is 50.3 Å². The second-order valence-electron chi connectivity index (χ2n) is 5.64. The first kappa shape index (κ1) is 19.8. The topological polar surface area (TPSA) is 117 Å². The van der Waals surface area contributed by atoms with Crippen molar-refractivity contribution in [3.05, 3.63) is 59.0 Å². The molecule has 0 saturated heterocycles. The molecule has 0 saturated carbocycles. The molecule has 28 heavy (non-hydrogen) atoms. The molecule has 0 spiro atoms. The highest BCUT2D eigenvalue weighted by Gasteiger charge is 2.11. The molecule has 0 aliphatic heterocycles. The van der Waals surface area contributed by atoms with Gasteiger partial charge in [-0.2, -0.15) is 0 Å². The molecule has 8 nitrogen and oxygen atoms in total. The number of hydrogen-bond donors (Lipinski definition) is 3. The molecule has 0 aliphatic carbocycles. The van der Waals surface area contributed by atoms with E-state index in [1.807, 2.05) is 24.3 Å². The molecular formula is C18H17N5O3S2. The Hall–Kier alpha value is -2.98. The predicted octanol–water partition coefficient (Wildman–Crippen LogP) is 1.96. The van der Waals surface area contributed by atoms with Crippen molar-refractivity contribution in [1.82, 2.24) is 20.3 Å². The van der Waals surface area contributed by atoms with E-state index in [4.69, 9.17) is 0 Å². The summed E-state index contributed by atoms with van der Waals surface area (Å²) in [6.45, 7) is 3.86. The van der Waals surface area contributed by atoms with Gasteiger partial charge in [0.05, 0.1) is 28.1 Å². The average Bonchev–Trinajstić information content (AvgIpc) is 3.06. The van der Waals surface area contributed by atoms with Gasteiger partial charge in [-0.05, 0) is 12.1 Å². The van der Waals surface area contributed by atoms with Crippen LogP contribution in [0.2, 0.25) is 0 Å². The normalized spacial score (nSPS) is 10.6. The first-order chi connectivity index (χ1) is 13.5. The lowest BCUT2D eigenvalue weighted by molar-refractivity contribution is -0.120. The van der Waals surface area contributed by atoms with Gasteiger partial charge in [0.1, 0.15) is 0 Å². The van der Waals surface area contributed by atoms with Gasteiger partial charge in [0.2, 0.25) is 11.8 Å². The third-order valence-corrected chi connectivity index (χ3v) is 5.26. The lowest BCUT2D eigenvalue weighted by Gasteiger charge is -2.05. The fraction of sp³-hybridized carbons (Fsp3) is 0.167. The van der Waals surface area contributed by atoms with Gasteiger partial charge in [0, 0.05) is 12.6 Å². The molecule has 0 radical (unpaired) electrons. The highest BCUT2D eigenvalue weighted by Crippen LogP contribution is 2.25. The second kappa shape index (κ2) is 9.29. The summed E-state index contributed by atoms with van der Waals surface area (Å²) < 4.78 is 0.985. The van der Waals surface area contributed by atoms with E-state index < -0.39 is 0 Å². The minimum absolute atomic E-state index is 0.0246. The predicted molar refractivity (Wildman–Crippen MR) is 111 cm³/mol. The van der Waals surface area contributed by atoms with Crippen molar-refractivity contribution in [1.29, 1.82) is 0 Å². The summed E-state index contributed by atoms with van der Waals surface area (Å²) in [5.41, 5.74) is 0.777. The van der Waals surface area contributed by atoms with Crippen LogP contribution in [0, 0.1) is 0 Å². The SMILES string of the molecule is C=CCNC(=O)Cc1cc(=O)[nH]c(SCC(=O)Nc2nc3ccccc3s2)n1. The van der Waals surface area contributed by atoms with Crippen LogP contribution in [-0.2, 0) is 16.0 Å². The van der Waals surface area contributed by atoms with E-state index in [2.05, 4.69) is 32.2 Å². The second-order valence-corrected chi connectivity index (χ2v) is 7.63. The number of nitrogens with one attached hydrogen (secondary N) is 3. The number of para-hydroxylation sites is 1. The molecule has 10 heteroatoms. The van der Waals surface area contributed by atoms with Crippen LogP contribution < -0.4 is 16.2 Å². The van der Waals surface area contributed by atoms with Crippen LogP contribution in [-0.4, -0.2) is 39.1 Å². The molecule has 0 unspecified atom stereocenters. The monoisotopic (exact) mass is 415 g/mol. The highest BCUT2D eigenvalue weighted by atomic mass is 32.2. The molecule has 2 amide bonds. The van der Waals surface area contributed by atoms with Crippen molar-refractivity contribution in [2.75, 3.05) is 17.6 Å². The Morgan fingerprint density at radius 1 is 1.25 bits per heavy atom. The van der Waals surface area contributed by atoms with E-state index in [1.54, 1.807) is 6.08 Å². The fourth-order valence-electron chi connectivity index (χ4n) is 2.27. The Morgan fingerprint density at radius 2 is 2.07 bits per heavy atom. The Balaban J connectivity index is 1.58. The Kier molecular flexibility index (Phi) is 6.56. The van der Waals surface area contributed by atoms with Crippen molar-refractivity contribution in [3.63, 3.8) is 0 Å². The Bertz CT molecular complexity index is 1040. The number of thiazole rings is 1. The number of hydrogen-bond acceptors (Lipinski definition) is 7. The summed E-state index contributed by atoms with van der Waals surface area (Å²) >= 11 is 2.47. The third kappa shape index (κ3) is 5.51. The molecule has 0 aliphatic rings. The van der Waals surface area contributed by atoms with E-state index in [1.165, 1.54) is 17.4 Å². The maximum absolute atomic E-state index is 12.2. The van der Waals surface area contributed by atoms with Gasteiger partial charge in [-0.15, -0.1) is 6.58 Å². The first-order valence-corrected chi connectivity index (χ1v) is 10.1. The molecule has 144 valence electrons. The highest BCUT2D eigenvalue weighted by molar-refractivity contribution is 7.99. The maximum Gasteiger partial charge on any atom is 0.251 e. The van der Waals surface area contributed by atoms with Crippen molar-refractivity contribution in [2.24, 2.45) is 0 Å². The maximum atomic E-state index is 12.2. The van der Waals surface area contributed by atoms with Crippen LogP contribution in [0.4, 0.5) is 5.13 Å². The van der Waals surface area contributed by atoms with Crippen molar-refractivity contribution in [3.8, 4) is 0 Å². The van der Waals surface area contributed by atoms with Gasteiger partial charge in [-0.25, -0.2) is 9.97 Å². The largest absolute Gasteiger partial charge is 0.352 e. The zero-order valence-corrected chi connectivity index (χ0v) is 16.4. The zero-order chi connectivity index (χ0) is 19.9. The minimum atomic E-state index is -0.379. The molecule has 0 atom stereocenters. The van der Waals surface area contributed by atoms with E-state index >= 15 is 0 Å². The number of benzene rings is 1. The van der Waals surface area contributed by atoms with E-state index in [9.17, 15) is 14.4 Å². The molecule has 3 N–H and O–H groups in total. The molecule has 2 heterocycles. The fourth-order valence-corrected chi connectivity index (χ4v) is 3.85. The molecule has 1 aromatic carbocycles. The number of nitrogens with zero attached hydrogens (tertiary/aromatic N) is 2. The van der Waals surface area contributed by atoms with Gasteiger partial charge in [-0.3, -0.25) is 14.4 Å². The van der Waals surface area contributed by atoms with Gasteiger partial charge < -0.3 is 15.6 Å². The summed E-state index contributed by atoms with van der Waals surface area (Å²) in [5, 5.41) is 6.15. The summed E-state index contributed by atoms with van der Waals surface area (Å²) in [5.74, 6) is -0.478. The zero-order valence-electron chi connectivity index (χ0n) is 14.7. The molecular weight excluding hydrogens is 398 g/mol. The Labute approximate surface area is 168 Å². The van der Waals surface area contributed by atoms with Gasteiger partial charge in [0.15, 0.2) is 10.3 Å². The number of aromatic amines is 1. The van der Waals surface area contributed by atoms with Crippen molar-refractivity contribution < 1.29 is 9.59 Å². The smallest absolute Gasteiger partial charge is 0.251 e. The number of aromatic nitrogens is 3. The number of anilines is 1. The summed E-state index contributed by atoms with van der Waals surface area (Å²) in [6, 6.07) is 8.87. The number of carbonyl (C=O) groups excluding carboxylic acids is 2. The number of fused-ring (bicyclic) bond motifs is 1. The van der Waals surface area contributed by atoms with Crippen LogP contribution >= 0.6 is 23.1 Å². The number of rotatable bonds is 8. The average molecular weight is 416 g/mol. The molecule has 3 aromatic rings. The van der Waals surface area contributed by atoms with Gasteiger partial charge in [-0.1, -0.05) is 41.3 Å². The molecule has 0 fully saturated rings. The standard InChI is InChI=1S/C18H17N5O3S2/c1-2-7-19-14(24)8-11-9-15(25)22-17(20-11)27-10-16(26)23-18-21-12-5-3-4-6-13(12)28-18/h2-6,9H,1,7-8,10H2,(H,19,24)(H,20,22,25)(H,21,23,26). The lowest BCUT2D eigenvalue weighted by Crippen LogP contribution is -2.26. The van der Waals surface area contributed by atoms with E-state index in [0.29, 0.717) is 17.4 Å². The van der Waals surface area contributed by atoms with Crippen LogP contribution in [0.25, 0.3) is 10.2 Å². The molecule has 0 bridgehead atoms. The van der Waals surface area contributed by atoms with Gasteiger partial charge in [0.25, 0.3) is 5.56 Å². The summed E-state index contributed by atoms with van der Waals surface area (Å²) in [7, 11) is 0. The van der Waals surface area contributed by atoms with Gasteiger partial charge >= 0.3 is 0 Å². The molecule has 3 rings (SSSR count). The quantitative estimate of drug-likeness (QED) is 0.294. The summed E-state index contributed by atoms with van der Waals surface area (Å²) in [4.78, 5) is 46.8. The van der Waals surface area contributed by atoms with Crippen LogP contribution in [0.5, 0.6) is 0 Å². The number of H-pyrrole nitrogens is 1. The van der Waals surface area contributed by atoms with Crippen LogP contribution in [0.15, 0.2) is 52.9 Å². The van der Waals surface area contributed by atoms with E-state index in [0.717, 1.165) is 22.0 Å².